The van der Waals surface area contributed by atoms with Gasteiger partial charge in [-0.2, -0.15) is 0 Å². The number of nitrogens with zero attached hydrogens (tertiary/aromatic N) is 1. The van der Waals surface area contributed by atoms with E-state index in [2.05, 4.69) is 37.1 Å². The molecule has 8 heteroatoms. The third-order valence-electron chi connectivity index (χ3n) is 7.45. The number of cyclic esters (lactones) is 1. The first kappa shape index (κ1) is 33.8. The smallest absolute Gasteiger partial charge is 0.309 e. The third kappa shape index (κ3) is 10.9. The van der Waals surface area contributed by atoms with Gasteiger partial charge in [0.2, 0.25) is 0 Å². The highest BCUT2D eigenvalue weighted by atomic mass is 32.1. The zero-order valence-corrected chi connectivity index (χ0v) is 26.1. The predicted octanol–water partition coefficient (Wildman–Crippen LogP) is 6.40. The number of rotatable bonds is 8. The number of esters is 1. The summed E-state index contributed by atoms with van der Waals surface area (Å²) in [6, 6.07) is 0. The Morgan fingerprint density at radius 2 is 2.00 bits per heavy atom. The normalized spacial score (nSPS) is 27.5. The highest BCUT2D eigenvalue weighted by Crippen LogP contribution is 2.33. The number of aromatic nitrogens is 1. The van der Waals surface area contributed by atoms with Gasteiger partial charge in [0, 0.05) is 24.1 Å². The number of ether oxygens (including phenoxy) is 2. The molecule has 0 aromatic carbocycles. The molecule has 1 aliphatic rings. The molecule has 0 fully saturated rings. The van der Waals surface area contributed by atoms with Crippen LogP contribution in [0.5, 0.6) is 0 Å². The Morgan fingerprint density at radius 3 is 2.65 bits per heavy atom. The Hall–Kier alpha value is -2.42. The average molecular weight is 573 g/mol. The lowest BCUT2D eigenvalue weighted by atomic mass is 9.74. The van der Waals surface area contributed by atoms with Crippen LogP contribution in [-0.4, -0.2) is 47.9 Å². The van der Waals surface area contributed by atoms with Crippen LogP contribution in [0, 0.1) is 24.2 Å². The second kappa shape index (κ2) is 16.1. The van der Waals surface area contributed by atoms with Crippen molar-refractivity contribution in [2.24, 2.45) is 23.0 Å². The van der Waals surface area contributed by atoms with Crippen molar-refractivity contribution in [3.63, 3.8) is 0 Å². The molecule has 0 bridgehead atoms. The molecule has 0 amide bonds. The van der Waals surface area contributed by atoms with Gasteiger partial charge >= 0.3 is 5.97 Å². The van der Waals surface area contributed by atoms with Gasteiger partial charge in [-0.05, 0) is 64.1 Å². The van der Waals surface area contributed by atoms with Crippen molar-refractivity contribution in [1.82, 2.24) is 4.98 Å². The first-order chi connectivity index (χ1) is 18.8. The first-order valence-corrected chi connectivity index (χ1v) is 15.2. The summed E-state index contributed by atoms with van der Waals surface area (Å²) in [6.45, 7) is 13.8. The van der Waals surface area contributed by atoms with Gasteiger partial charge in [0.15, 0.2) is 5.78 Å². The molecule has 2 heterocycles. The fourth-order valence-electron chi connectivity index (χ4n) is 4.96. The van der Waals surface area contributed by atoms with Crippen LogP contribution >= 0.6 is 11.3 Å². The molecule has 4 atom stereocenters. The summed E-state index contributed by atoms with van der Waals surface area (Å²) in [5, 5.41) is 2.94. The number of carbonyl (C=O) groups is 3. The Morgan fingerprint density at radius 1 is 1.27 bits per heavy atom. The fraction of sp³-hybridized carbons (Fsp3) is 0.625. The van der Waals surface area contributed by atoms with E-state index in [4.69, 9.17) is 15.2 Å². The number of hydrogen-bond acceptors (Lipinski definition) is 8. The van der Waals surface area contributed by atoms with E-state index in [0.717, 1.165) is 22.7 Å². The van der Waals surface area contributed by atoms with Crippen molar-refractivity contribution >= 4 is 34.9 Å². The Bertz CT molecular complexity index is 1100. The molecule has 1 aliphatic heterocycles. The summed E-state index contributed by atoms with van der Waals surface area (Å²) < 4.78 is 12.1. The highest BCUT2D eigenvalue weighted by Gasteiger charge is 2.41. The number of ketones is 2. The second-order valence-corrected chi connectivity index (χ2v) is 12.8. The molecule has 0 unspecified atom stereocenters. The molecule has 0 aliphatic carbocycles. The number of carbonyl (C=O) groups excluding carboxylic acids is 3. The van der Waals surface area contributed by atoms with E-state index in [1.54, 1.807) is 25.2 Å². The standard InChI is InChI=1S/C32H48N2O5S/c1-21-10-8-11-22(2)16-24(4)31(37)32(6,7)29(38-19-27(35)12-9-15-33)18-30(36)39-28(14-13-21)23(3)17-26-20-40-25(5)34-26/h8,11,13,17,20,22,24,28-29H,9-10,12,14-16,18-19,33H2,1-7H3/b11-8-,21-13-,23-17+/t22-,24+,28-,29-/m0/s1. The maximum Gasteiger partial charge on any atom is 0.309 e. The third-order valence-corrected chi connectivity index (χ3v) is 8.24. The van der Waals surface area contributed by atoms with Crippen LogP contribution in [0.15, 0.2) is 34.8 Å². The van der Waals surface area contributed by atoms with E-state index in [-0.39, 0.29) is 36.4 Å². The molecule has 1 aromatic rings. The summed E-state index contributed by atoms with van der Waals surface area (Å²) in [7, 11) is 0. The zero-order chi connectivity index (χ0) is 29.9. The van der Waals surface area contributed by atoms with Crippen molar-refractivity contribution in [3.8, 4) is 0 Å². The van der Waals surface area contributed by atoms with Gasteiger partial charge in [-0.15, -0.1) is 11.3 Å². The highest BCUT2D eigenvalue weighted by molar-refractivity contribution is 7.09. The summed E-state index contributed by atoms with van der Waals surface area (Å²) in [5.41, 5.74) is 7.44. The van der Waals surface area contributed by atoms with Gasteiger partial charge in [-0.1, -0.05) is 51.5 Å². The van der Waals surface area contributed by atoms with Crippen LogP contribution in [0.3, 0.4) is 0 Å². The Kier molecular flexibility index (Phi) is 13.6. The van der Waals surface area contributed by atoms with Crippen molar-refractivity contribution in [2.45, 2.75) is 99.2 Å². The lowest BCUT2D eigenvalue weighted by Crippen LogP contribution is -2.44. The first-order valence-electron chi connectivity index (χ1n) is 14.3. The Labute approximate surface area is 244 Å². The van der Waals surface area contributed by atoms with Gasteiger partial charge in [0.1, 0.15) is 18.5 Å². The number of Topliss-reactive ketones (excluding diaryl/α,β-unsaturated/α-hetero) is 2. The van der Waals surface area contributed by atoms with Crippen molar-refractivity contribution in [2.75, 3.05) is 13.2 Å². The summed E-state index contributed by atoms with van der Waals surface area (Å²) in [5.74, 6) is -0.580. The minimum absolute atomic E-state index is 0.00894. The summed E-state index contributed by atoms with van der Waals surface area (Å²) in [6.07, 6.45) is 9.81. The maximum atomic E-state index is 13.7. The van der Waals surface area contributed by atoms with Gasteiger partial charge in [-0.3, -0.25) is 14.4 Å². The molecular formula is C32H48N2O5S. The van der Waals surface area contributed by atoms with Gasteiger partial charge in [0.25, 0.3) is 0 Å². The minimum atomic E-state index is -0.998. The monoisotopic (exact) mass is 572 g/mol. The molecule has 2 rings (SSSR count). The number of thiazole rings is 1. The van der Waals surface area contributed by atoms with E-state index in [9.17, 15) is 14.4 Å². The van der Waals surface area contributed by atoms with E-state index in [1.165, 1.54) is 5.57 Å². The van der Waals surface area contributed by atoms with E-state index in [0.29, 0.717) is 32.2 Å². The molecule has 2 N–H and O–H groups in total. The zero-order valence-electron chi connectivity index (χ0n) is 25.3. The number of allylic oxidation sites excluding steroid dienone is 3. The van der Waals surface area contributed by atoms with Gasteiger partial charge in [0.05, 0.1) is 28.6 Å². The SMILES string of the molecule is C/C1=C/C[C@@H](/C(C)=C/c2csc(C)n2)OC(=O)C[C@H](OCC(=O)CCCN)C(C)(C)C(=O)[C@H](C)C[C@@H](C)/C=C\C1. The molecule has 0 saturated heterocycles. The second-order valence-electron chi connectivity index (χ2n) is 11.7. The average Bonchev–Trinajstić information content (AvgIpc) is 3.30. The van der Waals surface area contributed by atoms with Crippen molar-refractivity contribution in [1.29, 1.82) is 0 Å². The molecule has 0 saturated carbocycles. The molecule has 222 valence electrons. The molecular weight excluding hydrogens is 524 g/mol. The molecule has 40 heavy (non-hydrogen) atoms. The molecule has 1 aromatic heterocycles. The maximum absolute atomic E-state index is 13.7. The molecule has 7 nitrogen and oxygen atoms in total. The number of aryl methyl sites for hydroxylation is 1. The van der Waals surface area contributed by atoms with Crippen molar-refractivity contribution in [3.05, 3.63) is 45.5 Å². The fourth-order valence-corrected chi connectivity index (χ4v) is 5.53. The molecule has 0 spiro atoms. The summed E-state index contributed by atoms with van der Waals surface area (Å²) in [4.78, 5) is 44.0. The predicted molar refractivity (Wildman–Crippen MR) is 162 cm³/mol. The lowest BCUT2D eigenvalue weighted by molar-refractivity contribution is -0.158. The topological polar surface area (TPSA) is 109 Å². The van der Waals surface area contributed by atoms with E-state index < -0.39 is 23.6 Å². The Balaban J connectivity index is 2.40. The van der Waals surface area contributed by atoms with Crippen molar-refractivity contribution < 1.29 is 23.9 Å². The number of nitrogens with two attached hydrogens (primary N) is 1. The van der Waals surface area contributed by atoms with Crippen LogP contribution < -0.4 is 5.73 Å². The molecule has 0 radical (unpaired) electrons. The van der Waals surface area contributed by atoms with Crippen LogP contribution in [0.25, 0.3) is 6.08 Å². The quantitative estimate of drug-likeness (QED) is 0.283. The van der Waals surface area contributed by atoms with Crippen LogP contribution in [0.1, 0.15) is 90.8 Å². The minimum Gasteiger partial charge on any atom is -0.457 e. The summed E-state index contributed by atoms with van der Waals surface area (Å²) >= 11 is 1.57. The lowest BCUT2D eigenvalue weighted by Gasteiger charge is -2.35. The van der Waals surface area contributed by atoms with Crippen LogP contribution in [0.2, 0.25) is 0 Å². The van der Waals surface area contributed by atoms with E-state index in [1.807, 2.05) is 32.2 Å². The van der Waals surface area contributed by atoms with Gasteiger partial charge in [-0.25, -0.2) is 4.98 Å². The number of hydrogen-bond donors (Lipinski definition) is 1. The largest absolute Gasteiger partial charge is 0.457 e. The van der Waals surface area contributed by atoms with Gasteiger partial charge < -0.3 is 15.2 Å². The van der Waals surface area contributed by atoms with E-state index >= 15 is 0 Å². The van der Waals surface area contributed by atoms with Crippen LogP contribution in [0.4, 0.5) is 0 Å². The van der Waals surface area contributed by atoms with Crippen LogP contribution in [-0.2, 0) is 23.9 Å².